The molecule has 10 rings (SSSR count). The Morgan fingerprint density at radius 1 is 0.556 bits per heavy atom. The lowest BCUT2D eigenvalue weighted by molar-refractivity contribution is -0.122. The van der Waals surface area contributed by atoms with Gasteiger partial charge in [-0.3, -0.25) is 24.2 Å². The number of carbonyl (C=O) groups excluding carboxylic acids is 3. The predicted octanol–water partition coefficient (Wildman–Crippen LogP) is 10.1. The number of rotatable bonds is 4. The number of para-hydroxylation sites is 1. The molecular formula is C47H39Cl3N10O3. The van der Waals surface area contributed by atoms with E-state index < -0.39 is 10.8 Å². The molecule has 0 bridgehead atoms. The highest BCUT2D eigenvalue weighted by Gasteiger charge is 2.46. The molecule has 4 aromatic heterocycles. The summed E-state index contributed by atoms with van der Waals surface area (Å²) in [7, 11) is 0. The molecule has 3 aromatic carbocycles. The molecule has 7 heterocycles. The van der Waals surface area contributed by atoms with Gasteiger partial charge in [0.2, 0.25) is 23.0 Å². The zero-order chi connectivity index (χ0) is 44.8. The monoisotopic (exact) mass is 896 g/mol. The van der Waals surface area contributed by atoms with Crippen LogP contribution in [0.3, 0.4) is 0 Å². The second-order valence-corrected chi connectivity index (χ2v) is 17.2. The van der Waals surface area contributed by atoms with Crippen molar-refractivity contribution in [3.8, 4) is 22.3 Å². The molecule has 63 heavy (non-hydrogen) atoms. The number of halogens is 3. The lowest BCUT2D eigenvalue weighted by atomic mass is 9.85. The standard InChI is InChI=1S/C20H16Cl2N4O.C19H16ClN5O.C8H7NO/c1-11-23-9-13(10-24-11)12-4-5-15-16(6-12)26(19(27)20(15,2)3)14-7-17(21)25-18(22)8-14;1-11-21-7-13(8-22-11)12-4-5-15-16(6-12)25(17(26)19(15,2)3)14-9-23-18(20)24-10-14;10-8-5-6-3-1-2-4-7(6)9-8/h4-10H,1-3H3;4-10H,1-3H3;1-4H,5H2,(H,9,10). The fraction of sp³-hybridized carbons (Fsp3) is 0.191. The molecule has 0 aliphatic carbocycles. The third kappa shape index (κ3) is 8.47. The highest BCUT2D eigenvalue weighted by atomic mass is 35.5. The van der Waals surface area contributed by atoms with Gasteiger partial charge in [-0.15, -0.1) is 0 Å². The van der Waals surface area contributed by atoms with Crippen LogP contribution < -0.4 is 15.1 Å². The van der Waals surface area contributed by atoms with Gasteiger partial charge >= 0.3 is 0 Å². The molecule has 3 aliphatic rings. The summed E-state index contributed by atoms with van der Waals surface area (Å²) >= 11 is 17.9. The summed E-state index contributed by atoms with van der Waals surface area (Å²) < 4.78 is 0. The predicted molar refractivity (Wildman–Crippen MR) is 245 cm³/mol. The lowest BCUT2D eigenvalue weighted by Gasteiger charge is -2.21. The molecule has 0 saturated heterocycles. The number of benzene rings is 3. The highest BCUT2D eigenvalue weighted by Crippen LogP contribution is 2.48. The summed E-state index contributed by atoms with van der Waals surface area (Å²) in [5, 5.41) is 3.37. The summed E-state index contributed by atoms with van der Waals surface area (Å²) in [6.45, 7) is 11.3. The van der Waals surface area contributed by atoms with E-state index in [2.05, 4.69) is 40.2 Å². The molecule has 3 amide bonds. The number of nitrogens with one attached hydrogen (secondary N) is 1. The quantitative estimate of drug-likeness (QED) is 0.133. The minimum atomic E-state index is -0.667. The first-order valence-electron chi connectivity index (χ1n) is 19.8. The average molecular weight is 898 g/mol. The molecule has 1 N–H and O–H groups in total. The molecule has 0 atom stereocenters. The van der Waals surface area contributed by atoms with Crippen molar-refractivity contribution in [2.75, 3.05) is 15.1 Å². The second-order valence-electron chi connectivity index (χ2n) is 16.1. The van der Waals surface area contributed by atoms with Gasteiger partial charge in [0.05, 0.1) is 52.4 Å². The van der Waals surface area contributed by atoms with Gasteiger partial charge in [0.15, 0.2) is 0 Å². The fourth-order valence-corrected chi connectivity index (χ4v) is 8.17. The van der Waals surface area contributed by atoms with Crippen molar-refractivity contribution in [2.24, 2.45) is 0 Å². The molecule has 7 aromatic rings. The van der Waals surface area contributed by atoms with Crippen molar-refractivity contribution in [2.45, 2.75) is 58.8 Å². The number of pyridine rings is 1. The van der Waals surface area contributed by atoms with E-state index >= 15 is 0 Å². The van der Waals surface area contributed by atoms with Crippen LogP contribution in [0.5, 0.6) is 0 Å². The van der Waals surface area contributed by atoms with Crippen LogP contribution in [0.2, 0.25) is 15.6 Å². The van der Waals surface area contributed by atoms with E-state index in [-0.39, 0.29) is 33.3 Å². The molecule has 0 radical (unpaired) electrons. The van der Waals surface area contributed by atoms with Gasteiger partial charge in [-0.1, -0.05) is 65.7 Å². The summed E-state index contributed by atoms with van der Waals surface area (Å²) in [4.78, 5) is 69.4. The zero-order valence-electron chi connectivity index (χ0n) is 35.0. The first kappa shape index (κ1) is 43.0. The topological polar surface area (TPSA) is 160 Å². The van der Waals surface area contributed by atoms with Gasteiger partial charge in [-0.25, -0.2) is 34.9 Å². The first-order chi connectivity index (χ1) is 30.0. The number of hydrogen-bond donors (Lipinski definition) is 1. The normalized spacial score (nSPS) is 15.1. The van der Waals surface area contributed by atoms with Crippen molar-refractivity contribution in [1.82, 2.24) is 34.9 Å². The Kier molecular flexibility index (Phi) is 11.5. The third-order valence-electron chi connectivity index (χ3n) is 11.0. The van der Waals surface area contributed by atoms with E-state index in [4.69, 9.17) is 34.8 Å². The van der Waals surface area contributed by atoms with E-state index in [0.29, 0.717) is 29.4 Å². The third-order valence-corrected chi connectivity index (χ3v) is 11.6. The van der Waals surface area contributed by atoms with Crippen LogP contribution in [0.1, 0.15) is 56.0 Å². The maximum atomic E-state index is 13.2. The largest absolute Gasteiger partial charge is 0.326 e. The number of carbonyl (C=O) groups is 3. The van der Waals surface area contributed by atoms with E-state index in [0.717, 1.165) is 56.0 Å². The maximum Gasteiger partial charge on any atom is 0.241 e. The van der Waals surface area contributed by atoms with Crippen molar-refractivity contribution in [3.05, 3.63) is 154 Å². The van der Waals surface area contributed by atoms with Gasteiger partial charge in [-0.05, 0) is 111 Å². The first-order valence-corrected chi connectivity index (χ1v) is 20.9. The zero-order valence-corrected chi connectivity index (χ0v) is 37.3. The Morgan fingerprint density at radius 3 is 1.49 bits per heavy atom. The van der Waals surface area contributed by atoms with Crippen molar-refractivity contribution in [3.63, 3.8) is 0 Å². The minimum Gasteiger partial charge on any atom is -0.326 e. The highest BCUT2D eigenvalue weighted by molar-refractivity contribution is 6.33. The number of fused-ring (bicyclic) bond motifs is 3. The maximum absolute atomic E-state index is 13.2. The van der Waals surface area contributed by atoms with E-state index in [1.807, 2.05) is 102 Å². The van der Waals surface area contributed by atoms with Gasteiger partial charge in [0.1, 0.15) is 22.0 Å². The van der Waals surface area contributed by atoms with Crippen LogP contribution in [-0.4, -0.2) is 52.6 Å². The number of aromatic nitrogens is 7. The Labute approximate surface area is 378 Å². The Balaban J connectivity index is 0.000000142. The van der Waals surface area contributed by atoms with Gasteiger partial charge < -0.3 is 5.32 Å². The number of nitrogens with zero attached hydrogens (tertiary/aromatic N) is 9. The molecule has 3 aliphatic heterocycles. The summed E-state index contributed by atoms with van der Waals surface area (Å²) in [5.41, 5.74) is 9.07. The Hall–Kier alpha value is -6.67. The summed E-state index contributed by atoms with van der Waals surface area (Å²) in [6.07, 6.45) is 10.8. The summed E-state index contributed by atoms with van der Waals surface area (Å²) in [5.74, 6) is 1.44. The minimum absolute atomic E-state index is 0.0317. The Morgan fingerprint density at radius 2 is 1.02 bits per heavy atom. The average Bonchev–Trinajstić information content (AvgIpc) is 3.80. The smallest absolute Gasteiger partial charge is 0.241 e. The van der Waals surface area contributed by atoms with Gasteiger partial charge in [0, 0.05) is 41.6 Å². The molecule has 16 heteroatoms. The van der Waals surface area contributed by atoms with E-state index in [9.17, 15) is 14.4 Å². The van der Waals surface area contributed by atoms with Crippen LogP contribution >= 0.6 is 34.8 Å². The number of anilines is 5. The number of aryl methyl sites for hydroxylation is 2. The molecule has 0 spiro atoms. The van der Waals surface area contributed by atoms with Crippen LogP contribution in [-0.2, 0) is 31.6 Å². The number of hydrogen-bond acceptors (Lipinski definition) is 10. The molecule has 13 nitrogen and oxygen atoms in total. The van der Waals surface area contributed by atoms with Crippen LogP contribution in [0.15, 0.2) is 110 Å². The Bertz CT molecular complexity index is 2880. The van der Waals surface area contributed by atoms with Crippen molar-refractivity contribution < 1.29 is 14.4 Å². The second kappa shape index (κ2) is 16.9. The van der Waals surface area contributed by atoms with Crippen molar-refractivity contribution in [1.29, 1.82) is 0 Å². The van der Waals surface area contributed by atoms with E-state index in [1.54, 1.807) is 59.1 Å². The van der Waals surface area contributed by atoms with Gasteiger partial charge in [-0.2, -0.15) is 0 Å². The molecule has 0 unspecified atom stereocenters. The van der Waals surface area contributed by atoms with Crippen LogP contribution in [0.4, 0.5) is 28.4 Å². The fourth-order valence-electron chi connectivity index (χ4n) is 7.62. The molecule has 0 fully saturated rings. The molecule has 316 valence electrons. The van der Waals surface area contributed by atoms with Crippen molar-refractivity contribution >= 4 is 81.0 Å². The van der Waals surface area contributed by atoms with E-state index in [1.165, 1.54) is 0 Å². The van der Waals surface area contributed by atoms with Gasteiger partial charge in [0.25, 0.3) is 0 Å². The molecule has 0 saturated carbocycles. The number of amides is 3. The lowest BCUT2D eigenvalue weighted by Crippen LogP contribution is -2.33. The van der Waals surface area contributed by atoms with Crippen LogP contribution in [0, 0.1) is 13.8 Å². The summed E-state index contributed by atoms with van der Waals surface area (Å²) in [6, 6.07) is 22.9. The molecular weight excluding hydrogens is 859 g/mol. The van der Waals surface area contributed by atoms with Crippen LogP contribution in [0.25, 0.3) is 22.3 Å². The SMILES string of the molecule is Cc1ncc(-c2ccc3c(c2)N(c2cc(Cl)nc(Cl)c2)C(=O)C3(C)C)cn1.Cc1ncc(-c2ccc3c(c2)N(c2cnc(Cl)nc2)C(=O)C3(C)C)cn1.O=C1Cc2ccccc2N1.